The maximum atomic E-state index is 13.0. The fraction of sp³-hybridized carbons (Fsp3) is 0.355. The summed E-state index contributed by atoms with van der Waals surface area (Å²) in [6, 6.07) is 19.5. The number of aliphatic hydroxyl groups excluding tert-OH is 1. The molecular weight excluding hydrogens is 567 g/mol. The van der Waals surface area contributed by atoms with Crippen molar-refractivity contribution >= 4 is 21.4 Å². The molecule has 222 valence electrons. The van der Waals surface area contributed by atoms with Crippen molar-refractivity contribution < 1.29 is 31.5 Å². The van der Waals surface area contributed by atoms with Crippen LogP contribution in [-0.2, 0) is 16.0 Å². The minimum absolute atomic E-state index is 0.0192. The summed E-state index contributed by atoms with van der Waals surface area (Å²) >= 11 is 0. The largest absolute Gasteiger partial charge is 0.416 e. The Kier molecular flexibility index (Phi) is 9.59. The molecule has 7 nitrogen and oxygen atoms in total. The van der Waals surface area contributed by atoms with E-state index in [1.165, 1.54) is 24.3 Å². The number of amides is 1. The van der Waals surface area contributed by atoms with Crippen molar-refractivity contribution in [2.24, 2.45) is 0 Å². The zero-order valence-electron chi connectivity index (χ0n) is 23.0. The second kappa shape index (κ2) is 13.0. The van der Waals surface area contributed by atoms with Gasteiger partial charge < -0.3 is 15.3 Å². The topological polar surface area (TPSA) is 110 Å². The molecule has 0 aliphatic carbocycles. The zero-order valence-corrected chi connectivity index (χ0v) is 23.8. The summed E-state index contributed by atoms with van der Waals surface area (Å²) in [6.45, 7) is 1.68. The van der Waals surface area contributed by atoms with Crippen molar-refractivity contribution in [3.05, 3.63) is 95.1 Å². The number of nitrogens with zero attached hydrogens (tertiary/aromatic N) is 2. The third-order valence-corrected chi connectivity index (χ3v) is 9.46. The monoisotopic (exact) mass is 599 g/mol. The summed E-state index contributed by atoms with van der Waals surface area (Å²) in [6.07, 6.45) is -2.68. The Labute approximate surface area is 243 Å². The summed E-state index contributed by atoms with van der Waals surface area (Å²) in [5.41, 5.74) is 1.79. The van der Waals surface area contributed by atoms with Gasteiger partial charge in [0.1, 0.15) is 0 Å². The highest BCUT2D eigenvalue weighted by Crippen LogP contribution is 2.36. The number of piperidine rings is 1. The molecule has 2 N–H and O–H groups in total. The van der Waals surface area contributed by atoms with E-state index in [1.54, 1.807) is 43.3 Å². The Morgan fingerprint density at radius 1 is 1.05 bits per heavy atom. The fourth-order valence-electron chi connectivity index (χ4n) is 5.23. The minimum atomic E-state index is -4.40. The van der Waals surface area contributed by atoms with Crippen molar-refractivity contribution in [2.45, 2.75) is 55.3 Å². The average Bonchev–Trinajstić information content (AvgIpc) is 3.00. The lowest BCUT2D eigenvalue weighted by molar-refractivity contribution is -0.137. The van der Waals surface area contributed by atoms with Gasteiger partial charge in [-0.1, -0.05) is 31.2 Å². The summed E-state index contributed by atoms with van der Waals surface area (Å²) in [5, 5.41) is 22.0. The van der Waals surface area contributed by atoms with Crippen LogP contribution >= 0.6 is 0 Å². The Morgan fingerprint density at radius 2 is 1.69 bits per heavy atom. The number of nitriles is 1. The number of benzene rings is 3. The Bertz CT molecular complexity index is 1520. The molecule has 1 unspecified atom stereocenters. The van der Waals surface area contributed by atoms with Gasteiger partial charge in [0.15, 0.2) is 9.84 Å². The summed E-state index contributed by atoms with van der Waals surface area (Å²) in [7, 11) is -3.37. The zero-order chi connectivity index (χ0) is 30.5. The molecule has 4 rings (SSSR count). The average molecular weight is 600 g/mol. The Morgan fingerprint density at radius 3 is 2.24 bits per heavy atom. The van der Waals surface area contributed by atoms with Crippen LogP contribution in [0, 0.1) is 11.3 Å². The van der Waals surface area contributed by atoms with Gasteiger partial charge in [0, 0.05) is 29.8 Å². The van der Waals surface area contributed by atoms with E-state index in [-0.39, 0.29) is 22.6 Å². The molecule has 1 aliphatic rings. The maximum Gasteiger partial charge on any atom is 0.416 e. The minimum Gasteiger partial charge on any atom is -0.394 e. The Balaban J connectivity index is 1.47. The van der Waals surface area contributed by atoms with Crippen LogP contribution in [0.3, 0.4) is 0 Å². The third-order valence-electron chi connectivity index (χ3n) is 7.71. The van der Waals surface area contributed by atoms with E-state index in [4.69, 9.17) is 0 Å². The van der Waals surface area contributed by atoms with Gasteiger partial charge in [0.05, 0.1) is 41.4 Å². The van der Waals surface area contributed by atoms with E-state index in [0.717, 1.165) is 29.8 Å². The highest BCUT2D eigenvalue weighted by atomic mass is 32.2. The van der Waals surface area contributed by atoms with Crippen LogP contribution in [0.1, 0.15) is 65.2 Å². The molecule has 1 fully saturated rings. The van der Waals surface area contributed by atoms with Gasteiger partial charge in [-0.2, -0.15) is 18.4 Å². The molecule has 1 aliphatic heterocycles. The van der Waals surface area contributed by atoms with E-state index < -0.39 is 40.1 Å². The van der Waals surface area contributed by atoms with Crippen LogP contribution in [-0.4, -0.2) is 44.4 Å². The van der Waals surface area contributed by atoms with E-state index in [1.807, 2.05) is 0 Å². The first-order valence-corrected chi connectivity index (χ1v) is 15.3. The van der Waals surface area contributed by atoms with Crippen LogP contribution in [0.5, 0.6) is 0 Å². The number of rotatable bonds is 9. The van der Waals surface area contributed by atoms with E-state index >= 15 is 0 Å². The Hall–Kier alpha value is -3.88. The summed E-state index contributed by atoms with van der Waals surface area (Å²) in [5.74, 6) is -0.484. The van der Waals surface area contributed by atoms with Crippen molar-refractivity contribution in [2.75, 3.05) is 23.8 Å². The second-order valence-corrected chi connectivity index (χ2v) is 12.6. The van der Waals surface area contributed by atoms with Crippen LogP contribution in [0.4, 0.5) is 18.9 Å². The smallest absolute Gasteiger partial charge is 0.394 e. The number of halogens is 3. The van der Waals surface area contributed by atoms with Gasteiger partial charge >= 0.3 is 6.18 Å². The maximum absolute atomic E-state index is 13.0. The number of aliphatic hydroxyl groups is 1. The molecule has 0 aromatic heterocycles. The van der Waals surface area contributed by atoms with E-state index in [0.29, 0.717) is 30.5 Å². The molecule has 42 heavy (non-hydrogen) atoms. The van der Waals surface area contributed by atoms with E-state index in [9.17, 15) is 36.8 Å². The standard InChI is InChI=1S/C31H32F3N3O4S/c1-2-42(40,41)28-15-8-22(9-16-28)29(20-38)36-30(39)23-5-12-26(13-6-23)37-19-24(7-14-27(37)17-18-35)21-3-10-25(11-4-21)31(32,33)34/h3-6,8-13,15-16,24,27,29,38H,2,7,14,17,19-20H2,1H3,(H,36,39)/t24?,27-,29-/m0/s1. The molecule has 1 saturated heterocycles. The number of anilines is 1. The van der Waals surface area contributed by atoms with Crippen LogP contribution in [0.15, 0.2) is 77.7 Å². The molecule has 0 saturated carbocycles. The predicted molar refractivity (Wildman–Crippen MR) is 153 cm³/mol. The van der Waals surface area contributed by atoms with Crippen molar-refractivity contribution in [3.63, 3.8) is 0 Å². The van der Waals surface area contributed by atoms with Gasteiger partial charge in [-0.15, -0.1) is 0 Å². The quantitative estimate of drug-likeness (QED) is 0.330. The van der Waals surface area contributed by atoms with E-state index in [2.05, 4.69) is 16.3 Å². The van der Waals surface area contributed by atoms with Gasteiger partial charge in [0.25, 0.3) is 5.91 Å². The van der Waals surface area contributed by atoms with Gasteiger partial charge in [-0.3, -0.25) is 4.79 Å². The highest BCUT2D eigenvalue weighted by molar-refractivity contribution is 7.91. The molecule has 11 heteroatoms. The lowest BCUT2D eigenvalue weighted by Gasteiger charge is -2.41. The molecule has 1 heterocycles. The molecule has 3 aromatic carbocycles. The van der Waals surface area contributed by atoms with Gasteiger partial charge in [0.2, 0.25) is 0 Å². The van der Waals surface area contributed by atoms with Crippen LogP contribution < -0.4 is 10.2 Å². The first-order chi connectivity index (χ1) is 20.0. The van der Waals surface area contributed by atoms with Crippen molar-refractivity contribution in [1.82, 2.24) is 5.32 Å². The number of hydrogen-bond donors (Lipinski definition) is 2. The lowest BCUT2D eigenvalue weighted by Crippen LogP contribution is -2.42. The fourth-order valence-corrected chi connectivity index (χ4v) is 6.12. The second-order valence-electron chi connectivity index (χ2n) is 10.3. The molecule has 3 aromatic rings. The molecular formula is C31H32F3N3O4S. The summed E-state index contributed by atoms with van der Waals surface area (Å²) < 4.78 is 63.2. The molecule has 1 amide bonds. The number of hydrogen-bond acceptors (Lipinski definition) is 6. The number of nitrogens with one attached hydrogen (secondary N) is 1. The molecule has 0 radical (unpaired) electrons. The van der Waals surface area contributed by atoms with Gasteiger partial charge in [-0.05, 0) is 72.5 Å². The highest BCUT2D eigenvalue weighted by Gasteiger charge is 2.32. The lowest BCUT2D eigenvalue weighted by atomic mass is 9.85. The SMILES string of the molecule is CCS(=O)(=O)c1ccc([C@H](CO)NC(=O)c2ccc(N3CC(c4ccc(C(F)(F)F)cc4)CC[C@H]3CC#N)cc2)cc1. The first-order valence-electron chi connectivity index (χ1n) is 13.6. The first kappa shape index (κ1) is 31.1. The molecule has 0 spiro atoms. The van der Waals surface area contributed by atoms with Crippen LogP contribution in [0.25, 0.3) is 0 Å². The normalized spacial score (nSPS) is 18.2. The number of carbonyl (C=O) groups excluding carboxylic acids is 1. The number of carbonyl (C=O) groups is 1. The summed E-state index contributed by atoms with van der Waals surface area (Å²) in [4.78, 5) is 15.2. The molecule has 0 bridgehead atoms. The van der Waals surface area contributed by atoms with Gasteiger partial charge in [-0.25, -0.2) is 8.42 Å². The third kappa shape index (κ3) is 7.12. The van der Waals surface area contributed by atoms with Crippen molar-refractivity contribution in [3.8, 4) is 6.07 Å². The molecule has 3 atom stereocenters. The van der Waals surface area contributed by atoms with Crippen LogP contribution in [0.2, 0.25) is 0 Å². The number of alkyl halides is 3. The number of sulfone groups is 1. The van der Waals surface area contributed by atoms with Crippen molar-refractivity contribution in [1.29, 1.82) is 5.26 Å². The predicted octanol–water partition coefficient (Wildman–Crippen LogP) is 5.63.